The van der Waals surface area contributed by atoms with Crippen LogP contribution in [0.3, 0.4) is 0 Å². The lowest BCUT2D eigenvalue weighted by molar-refractivity contribution is -0.385. The molecule has 0 bridgehead atoms. The summed E-state index contributed by atoms with van der Waals surface area (Å²) in [7, 11) is 3.06. The van der Waals surface area contributed by atoms with Crippen molar-refractivity contribution in [1.29, 1.82) is 0 Å². The summed E-state index contributed by atoms with van der Waals surface area (Å²) in [6, 6.07) is 5.87. The van der Waals surface area contributed by atoms with Crippen molar-refractivity contribution in [2.45, 2.75) is 19.4 Å². The van der Waals surface area contributed by atoms with E-state index in [1.807, 2.05) is 0 Å². The molecule has 11 heteroatoms. The molecule has 0 saturated heterocycles. The molecule has 3 aliphatic heterocycles. The Morgan fingerprint density at radius 3 is 2.69 bits per heavy atom. The molecule has 0 aromatic heterocycles. The molecule has 1 aromatic rings. The third kappa shape index (κ3) is 4.57. The number of methoxy groups -OCH3 is 1. The summed E-state index contributed by atoms with van der Waals surface area (Å²) in [5.74, 6) is -3.15. The van der Waals surface area contributed by atoms with Crippen molar-refractivity contribution >= 4 is 29.1 Å². The molecule has 1 aromatic carbocycles. The molecule has 0 spiro atoms. The number of benzene rings is 1. The third-order valence-electron chi connectivity index (χ3n) is 6.00. The Balaban J connectivity index is 1.80. The van der Waals surface area contributed by atoms with Crippen LogP contribution in [0.15, 0.2) is 64.3 Å². The van der Waals surface area contributed by atoms with Crippen LogP contribution in [0.1, 0.15) is 12.5 Å². The number of hydrogen-bond acceptors (Lipinski definition) is 7. The van der Waals surface area contributed by atoms with Gasteiger partial charge in [0.25, 0.3) is 23.3 Å². The van der Waals surface area contributed by atoms with Gasteiger partial charge < -0.3 is 24.8 Å². The number of allylic oxidation sites excluding steroid dienone is 1. The maximum atomic E-state index is 13.4. The molecule has 10 nitrogen and oxygen atoms in total. The minimum absolute atomic E-state index is 0.00839. The lowest BCUT2D eigenvalue weighted by atomic mass is 9.89. The van der Waals surface area contributed by atoms with E-state index >= 15 is 0 Å². The van der Waals surface area contributed by atoms with Crippen LogP contribution in [-0.4, -0.2) is 83.7 Å². The van der Waals surface area contributed by atoms with Gasteiger partial charge in [0.05, 0.1) is 6.61 Å². The van der Waals surface area contributed by atoms with Gasteiger partial charge in [0.15, 0.2) is 17.0 Å². The Labute approximate surface area is 206 Å². The molecule has 0 fully saturated rings. The van der Waals surface area contributed by atoms with Gasteiger partial charge in [0.1, 0.15) is 5.82 Å². The highest BCUT2D eigenvalue weighted by Gasteiger charge is 2.52. The van der Waals surface area contributed by atoms with Gasteiger partial charge in [0, 0.05) is 39.0 Å². The Morgan fingerprint density at radius 2 is 2.03 bits per heavy atom. The fraction of sp³-hybridized carbons (Fsp3) is 0.320. The third-order valence-corrected chi connectivity index (χ3v) is 6.00. The van der Waals surface area contributed by atoms with Crippen molar-refractivity contribution in [1.82, 2.24) is 10.2 Å². The summed E-state index contributed by atoms with van der Waals surface area (Å²) < 4.78 is 25.5. The zero-order valence-electron chi connectivity index (χ0n) is 20.1. The van der Waals surface area contributed by atoms with Crippen molar-refractivity contribution < 1.29 is 37.9 Å². The largest absolute Gasteiger partial charge is 0.504 e. The second-order valence-corrected chi connectivity index (χ2v) is 8.33. The highest BCUT2D eigenvalue weighted by molar-refractivity contribution is 6.52. The number of aliphatic hydroxyl groups is 1. The fourth-order valence-corrected chi connectivity index (χ4v) is 3.96. The van der Waals surface area contributed by atoms with E-state index in [1.54, 1.807) is 26.1 Å². The lowest BCUT2D eigenvalue weighted by Crippen LogP contribution is -2.52. The SMILES string of the molecule is CCN(C)C(=O)C1=C[N+]2=C3C(=NC=C(Cc4ccc(F)cc4)C3O1)C(O)=C(C(=O)NCCOC)C2=O. The first-order chi connectivity index (χ1) is 17.3. The molecule has 36 heavy (non-hydrogen) atoms. The maximum absolute atomic E-state index is 13.4. The molecular formula is C25H26FN4O6+. The van der Waals surface area contributed by atoms with Gasteiger partial charge in [-0.25, -0.2) is 14.2 Å². The molecule has 0 aliphatic carbocycles. The zero-order chi connectivity index (χ0) is 26.0. The minimum Gasteiger partial charge on any atom is -0.504 e. The van der Waals surface area contributed by atoms with Gasteiger partial charge in [0.2, 0.25) is 12.3 Å². The topological polar surface area (TPSA) is 121 Å². The Kier molecular flexibility index (Phi) is 7.11. The maximum Gasteiger partial charge on any atom is 0.434 e. The first-order valence-corrected chi connectivity index (χ1v) is 11.3. The lowest BCUT2D eigenvalue weighted by Gasteiger charge is -2.30. The Bertz CT molecular complexity index is 1280. The smallest absolute Gasteiger partial charge is 0.434 e. The van der Waals surface area contributed by atoms with Gasteiger partial charge in [-0.05, 0) is 31.0 Å². The van der Waals surface area contributed by atoms with E-state index in [4.69, 9.17) is 9.47 Å². The number of nitrogens with zero attached hydrogens (tertiary/aromatic N) is 3. The number of rotatable bonds is 8. The first-order valence-electron chi connectivity index (χ1n) is 11.3. The highest BCUT2D eigenvalue weighted by atomic mass is 19.1. The number of likely N-dealkylation sites (N-methyl/N-ethyl adjacent to an activating group) is 1. The summed E-state index contributed by atoms with van der Waals surface area (Å²) in [6.45, 7) is 2.52. The Hall–Kier alpha value is -4.12. The molecule has 1 unspecified atom stereocenters. The van der Waals surface area contributed by atoms with Crippen molar-refractivity contribution in [2.24, 2.45) is 4.99 Å². The van der Waals surface area contributed by atoms with Crippen LogP contribution in [-0.2, 0) is 30.3 Å². The highest BCUT2D eigenvalue weighted by Crippen LogP contribution is 2.31. The van der Waals surface area contributed by atoms with E-state index in [-0.39, 0.29) is 42.6 Å². The zero-order valence-corrected chi connectivity index (χ0v) is 20.1. The predicted octanol–water partition coefficient (Wildman–Crippen LogP) is 0.994. The number of ether oxygens (including phenoxy) is 2. The average Bonchev–Trinajstić information content (AvgIpc) is 2.88. The van der Waals surface area contributed by atoms with Crippen molar-refractivity contribution in [3.8, 4) is 0 Å². The van der Waals surface area contributed by atoms with Crippen molar-refractivity contribution in [3.63, 3.8) is 0 Å². The molecule has 4 rings (SSSR count). The van der Waals surface area contributed by atoms with Gasteiger partial charge in [-0.2, -0.15) is 0 Å². The summed E-state index contributed by atoms with van der Waals surface area (Å²) in [4.78, 5) is 44.9. The number of halogens is 1. The minimum atomic E-state index is -0.944. The van der Waals surface area contributed by atoms with Crippen molar-refractivity contribution in [2.75, 3.05) is 33.9 Å². The number of hydrogen-bond donors (Lipinski definition) is 2. The number of carbonyl (C=O) groups excluding carboxylic acids is 3. The van der Waals surface area contributed by atoms with Crippen molar-refractivity contribution in [3.05, 3.63) is 70.7 Å². The number of aliphatic hydroxyl groups excluding tert-OH is 1. The van der Waals surface area contributed by atoms with E-state index in [1.165, 1.54) is 36.5 Å². The van der Waals surface area contributed by atoms with Crippen LogP contribution >= 0.6 is 0 Å². The molecule has 2 N–H and O–H groups in total. The summed E-state index contributed by atoms with van der Waals surface area (Å²) in [6.07, 6.45) is 2.02. The second kappa shape index (κ2) is 10.2. The van der Waals surface area contributed by atoms with Crippen LogP contribution in [0, 0.1) is 5.82 Å². The van der Waals surface area contributed by atoms with E-state index < -0.39 is 35.2 Å². The van der Waals surface area contributed by atoms with Crippen LogP contribution in [0.25, 0.3) is 0 Å². The summed E-state index contributed by atoms with van der Waals surface area (Å²) >= 11 is 0. The number of amides is 3. The van der Waals surface area contributed by atoms with E-state index in [0.29, 0.717) is 12.1 Å². The second-order valence-electron chi connectivity index (χ2n) is 8.33. The number of nitrogens with one attached hydrogen (secondary N) is 1. The van der Waals surface area contributed by atoms with Crippen LogP contribution in [0.2, 0.25) is 0 Å². The molecule has 3 heterocycles. The van der Waals surface area contributed by atoms with Gasteiger partial charge >= 0.3 is 5.91 Å². The number of aliphatic imine (C=N–C) groups is 1. The molecule has 3 amide bonds. The van der Waals surface area contributed by atoms with E-state index in [2.05, 4.69) is 10.3 Å². The quantitative estimate of drug-likeness (QED) is 0.314. The normalized spacial score (nSPS) is 18.6. The molecule has 1 atom stereocenters. The molecular weight excluding hydrogens is 471 g/mol. The molecule has 0 saturated carbocycles. The van der Waals surface area contributed by atoms with Crippen LogP contribution in [0.4, 0.5) is 4.39 Å². The molecule has 188 valence electrons. The predicted molar refractivity (Wildman–Crippen MR) is 127 cm³/mol. The van der Waals surface area contributed by atoms with E-state index in [0.717, 1.165) is 10.1 Å². The van der Waals surface area contributed by atoms with E-state index in [9.17, 15) is 23.9 Å². The first kappa shape index (κ1) is 25.0. The summed E-state index contributed by atoms with van der Waals surface area (Å²) in [5.41, 5.74) is 1.02. The standard InChI is InChI=1S/C25H25FN4O6/c1-4-29(2)24(33)17-13-30-20-19(21(31)18(25(30)34)23(32)27-9-10-35-3)28-12-15(22(20)36-17)11-14-5-7-16(26)8-6-14/h5-8,12-13,22H,4,9-11H2,1-3H3,(H-,27,31,32,34)/p+1. The summed E-state index contributed by atoms with van der Waals surface area (Å²) in [5, 5.41) is 13.4. The van der Waals surface area contributed by atoms with Gasteiger partial charge in [-0.15, -0.1) is 4.58 Å². The van der Waals surface area contributed by atoms with Gasteiger partial charge in [-0.3, -0.25) is 9.59 Å². The number of carbonyl (C=O) groups is 3. The molecule has 0 radical (unpaired) electrons. The average molecular weight is 498 g/mol. The van der Waals surface area contributed by atoms with Crippen LogP contribution in [0.5, 0.6) is 0 Å². The molecule has 3 aliphatic rings. The fourth-order valence-electron chi connectivity index (χ4n) is 3.96. The van der Waals surface area contributed by atoms with Gasteiger partial charge in [-0.1, -0.05) is 12.1 Å². The Morgan fingerprint density at radius 1 is 1.31 bits per heavy atom. The van der Waals surface area contributed by atoms with Crippen LogP contribution < -0.4 is 5.32 Å². The monoisotopic (exact) mass is 497 g/mol.